The number of benzene rings is 1. The molecule has 1 aliphatic rings. The number of nitro groups is 1. The molecule has 6 nitrogen and oxygen atoms in total. The highest BCUT2D eigenvalue weighted by molar-refractivity contribution is 5.68. The molecule has 0 aromatic heterocycles. The molecule has 1 aromatic rings. The van der Waals surface area contributed by atoms with Gasteiger partial charge < -0.3 is 14.8 Å². The first kappa shape index (κ1) is 13.6. The minimum atomic E-state index is -0.428. The van der Waals surface area contributed by atoms with Gasteiger partial charge in [0.15, 0.2) is 5.75 Å². The Morgan fingerprint density at radius 1 is 1.53 bits per heavy atom. The summed E-state index contributed by atoms with van der Waals surface area (Å²) in [7, 11) is 1.65. The number of ether oxygens (including phenoxy) is 2. The van der Waals surface area contributed by atoms with Gasteiger partial charge in [-0.2, -0.15) is 0 Å². The van der Waals surface area contributed by atoms with Gasteiger partial charge in [0, 0.05) is 13.7 Å². The van der Waals surface area contributed by atoms with Crippen molar-refractivity contribution in [3.8, 4) is 5.75 Å². The second kappa shape index (κ2) is 6.38. The largest absolute Gasteiger partial charge is 0.484 e. The second-order valence-corrected chi connectivity index (χ2v) is 4.46. The first-order chi connectivity index (χ1) is 9.22. The van der Waals surface area contributed by atoms with Gasteiger partial charge in [0.05, 0.1) is 11.0 Å². The number of nitrogens with one attached hydrogen (secondary N) is 1. The first-order valence-corrected chi connectivity index (χ1v) is 6.42. The average molecular weight is 266 g/mol. The number of nitro benzene ring substituents is 1. The van der Waals surface area contributed by atoms with Gasteiger partial charge in [-0.3, -0.25) is 10.1 Å². The van der Waals surface area contributed by atoms with Gasteiger partial charge in [-0.1, -0.05) is 6.07 Å². The van der Waals surface area contributed by atoms with Crippen molar-refractivity contribution in [2.24, 2.45) is 0 Å². The van der Waals surface area contributed by atoms with E-state index in [-0.39, 0.29) is 17.5 Å². The van der Waals surface area contributed by atoms with E-state index in [9.17, 15) is 10.1 Å². The van der Waals surface area contributed by atoms with Gasteiger partial charge in [-0.05, 0) is 31.4 Å². The number of rotatable bonds is 5. The molecule has 0 saturated carbocycles. The molecule has 104 valence electrons. The molecule has 0 amide bonds. The maximum absolute atomic E-state index is 11.1. The fourth-order valence-corrected chi connectivity index (χ4v) is 2.15. The maximum Gasteiger partial charge on any atom is 0.333 e. The SMILES string of the molecule is CNc1cccc(OCC2CCCCO2)c1[N+](=O)[O-]. The summed E-state index contributed by atoms with van der Waals surface area (Å²) in [6.45, 7) is 1.10. The zero-order valence-corrected chi connectivity index (χ0v) is 10.9. The Balaban J connectivity index is 2.08. The minimum Gasteiger partial charge on any atom is -0.484 e. The monoisotopic (exact) mass is 266 g/mol. The molecule has 1 unspecified atom stereocenters. The summed E-state index contributed by atoms with van der Waals surface area (Å²) < 4.78 is 11.1. The molecule has 1 atom stereocenters. The van der Waals surface area contributed by atoms with E-state index in [4.69, 9.17) is 9.47 Å². The summed E-state index contributed by atoms with van der Waals surface area (Å²) in [5.74, 6) is 0.283. The zero-order valence-electron chi connectivity index (χ0n) is 10.9. The van der Waals surface area contributed by atoms with Crippen molar-refractivity contribution in [2.75, 3.05) is 25.6 Å². The fraction of sp³-hybridized carbons (Fsp3) is 0.538. The van der Waals surface area contributed by atoms with E-state index in [0.29, 0.717) is 12.3 Å². The van der Waals surface area contributed by atoms with E-state index >= 15 is 0 Å². The van der Waals surface area contributed by atoms with E-state index in [1.54, 1.807) is 25.2 Å². The predicted octanol–water partition coefficient (Wildman–Crippen LogP) is 2.58. The lowest BCUT2D eigenvalue weighted by molar-refractivity contribution is -0.385. The third-order valence-corrected chi connectivity index (χ3v) is 3.15. The van der Waals surface area contributed by atoms with Crippen molar-refractivity contribution in [1.82, 2.24) is 0 Å². The molecule has 19 heavy (non-hydrogen) atoms. The van der Waals surface area contributed by atoms with Gasteiger partial charge in [-0.15, -0.1) is 0 Å². The maximum atomic E-state index is 11.1. The van der Waals surface area contributed by atoms with Crippen LogP contribution in [0.1, 0.15) is 19.3 Å². The molecule has 1 N–H and O–H groups in total. The number of nitrogens with zero attached hydrogens (tertiary/aromatic N) is 1. The average Bonchev–Trinajstić information content (AvgIpc) is 2.45. The van der Waals surface area contributed by atoms with Crippen LogP contribution in [-0.2, 0) is 4.74 Å². The summed E-state index contributed by atoms with van der Waals surface area (Å²) in [5.41, 5.74) is 0.424. The predicted molar refractivity (Wildman–Crippen MR) is 71.7 cm³/mol. The Morgan fingerprint density at radius 3 is 3.00 bits per heavy atom. The minimum absolute atomic E-state index is 0.0270. The van der Waals surface area contributed by atoms with Crippen LogP contribution in [0.2, 0.25) is 0 Å². The lowest BCUT2D eigenvalue weighted by Crippen LogP contribution is -2.26. The highest BCUT2D eigenvalue weighted by atomic mass is 16.6. The molecule has 1 aliphatic heterocycles. The van der Waals surface area contributed by atoms with E-state index in [1.165, 1.54) is 0 Å². The standard InChI is InChI=1S/C13H18N2O4/c1-14-11-6-4-7-12(13(11)15(16)17)19-9-10-5-2-3-8-18-10/h4,6-7,10,14H,2-3,5,8-9H2,1H3. The highest BCUT2D eigenvalue weighted by Crippen LogP contribution is 2.34. The van der Waals surface area contributed by atoms with Gasteiger partial charge in [0.2, 0.25) is 0 Å². The van der Waals surface area contributed by atoms with Crippen LogP contribution < -0.4 is 10.1 Å². The third-order valence-electron chi connectivity index (χ3n) is 3.15. The molecule has 1 heterocycles. The Labute approximate surface area is 111 Å². The topological polar surface area (TPSA) is 73.6 Å². The molecule has 1 fully saturated rings. The Bertz CT molecular complexity index is 444. The quantitative estimate of drug-likeness (QED) is 0.655. The normalized spacial score (nSPS) is 18.9. The van der Waals surface area contributed by atoms with Crippen LogP contribution in [0.15, 0.2) is 18.2 Å². The summed E-state index contributed by atoms with van der Waals surface area (Å²) in [4.78, 5) is 10.7. The molecule has 0 radical (unpaired) electrons. The van der Waals surface area contributed by atoms with Crippen molar-refractivity contribution >= 4 is 11.4 Å². The summed E-state index contributed by atoms with van der Waals surface area (Å²) in [6, 6.07) is 5.00. The third kappa shape index (κ3) is 3.35. The molecular weight excluding hydrogens is 248 g/mol. The molecule has 2 rings (SSSR count). The smallest absolute Gasteiger partial charge is 0.333 e. The number of anilines is 1. The molecule has 1 aromatic carbocycles. The first-order valence-electron chi connectivity index (χ1n) is 6.42. The van der Waals surface area contributed by atoms with Crippen molar-refractivity contribution in [3.63, 3.8) is 0 Å². The lowest BCUT2D eigenvalue weighted by atomic mass is 10.1. The van der Waals surface area contributed by atoms with Gasteiger partial charge in [0.1, 0.15) is 12.3 Å². The molecule has 0 bridgehead atoms. The molecule has 0 spiro atoms. The zero-order chi connectivity index (χ0) is 13.7. The number of para-hydroxylation sites is 1. The van der Waals surface area contributed by atoms with Gasteiger partial charge in [0.25, 0.3) is 0 Å². The van der Waals surface area contributed by atoms with Crippen LogP contribution in [0.3, 0.4) is 0 Å². The summed E-state index contributed by atoms with van der Waals surface area (Å²) in [5, 5.41) is 13.9. The van der Waals surface area contributed by atoms with Crippen LogP contribution in [0.5, 0.6) is 5.75 Å². The van der Waals surface area contributed by atoms with Gasteiger partial charge >= 0.3 is 5.69 Å². The van der Waals surface area contributed by atoms with Crippen molar-refractivity contribution < 1.29 is 14.4 Å². The van der Waals surface area contributed by atoms with Crippen molar-refractivity contribution in [1.29, 1.82) is 0 Å². The van der Waals surface area contributed by atoms with E-state index in [0.717, 1.165) is 25.9 Å². The molecule has 6 heteroatoms. The van der Waals surface area contributed by atoms with Crippen molar-refractivity contribution in [2.45, 2.75) is 25.4 Å². The van der Waals surface area contributed by atoms with Crippen LogP contribution in [0.4, 0.5) is 11.4 Å². The number of hydrogen-bond donors (Lipinski definition) is 1. The Kier molecular flexibility index (Phi) is 4.57. The van der Waals surface area contributed by atoms with Crippen molar-refractivity contribution in [3.05, 3.63) is 28.3 Å². The fourth-order valence-electron chi connectivity index (χ4n) is 2.15. The molecular formula is C13H18N2O4. The van der Waals surface area contributed by atoms with E-state index in [1.807, 2.05) is 0 Å². The Hall–Kier alpha value is -1.82. The molecule has 1 saturated heterocycles. The molecule has 0 aliphatic carbocycles. The number of hydrogen-bond acceptors (Lipinski definition) is 5. The van der Waals surface area contributed by atoms with Crippen LogP contribution in [-0.4, -0.2) is 31.3 Å². The highest BCUT2D eigenvalue weighted by Gasteiger charge is 2.22. The van der Waals surface area contributed by atoms with Crippen LogP contribution >= 0.6 is 0 Å². The van der Waals surface area contributed by atoms with Crippen LogP contribution in [0.25, 0.3) is 0 Å². The van der Waals surface area contributed by atoms with E-state index < -0.39 is 4.92 Å². The summed E-state index contributed by atoms with van der Waals surface area (Å²) >= 11 is 0. The second-order valence-electron chi connectivity index (χ2n) is 4.46. The lowest BCUT2D eigenvalue weighted by Gasteiger charge is -2.22. The van der Waals surface area contributed by atoms with Crippen LogP contribution in [0, 0.1) is 10.1 Å². The van der Waals surface area contributed by atoms with E-state index in [2.05, 4.69) is 5.32 Å². The summed E-state index contributed by atoms with van der Waals surface area (Å²) in [6.07, 6.45) is 3.17. The Morgan fingerprint density at radius 2 is 2.37 bits per heavy atom. The van der Waals surface area contributed by atoms with Gasteiger partial charge in [-0.25, -0.2) is 0 Å².